The van der Waals surface area contributed by atoms with E-state index >= 15 is 0 Å². The Morgan fingerprint density at radius 3 is 2.43 bits per heavy atom. The standard InChI is InChI=1S/C19H12N2O2/c22-21(23)14-7-8-17-15-5-1-2-6-16(15)18(19(17)11-14)10-13-4-3-9-20-12-13/h1-12H/b18-10+. The van der Waals surface area contributed by atoms with Crippen molar-refractivity contribution in [3.05, 3.63) is 93.8 Å². The smallest absolute Gasteiger partial charge is 0.264 e. The number of pyridine rings is 1. The third kappa shape index (κ3) is 2.21. The summed E-state index contributed by atoms with van der Waals surface area (Å²) in [6, 6.07) is 16.9. The van der Waals surface area contributed by atoms with Gasteiger partial charge in [0.25, 0.3) is 5.69 Å². The van der Waals surface area contributed by atoms with Crippen molar-refractivity contribution in [1.82, 2.24) is 4.98 Å². The molecule has 0 N–H and O–H groups in total. The third-order valence-electron chi connectivity index (χ3n) is 4.01. The molecule has 1 aliphatic carbocycles. The highest BCUT2D eigenvalue weighted by Crippen LogP contribution is 2.45. The van der Waals surface area contributed by atoms with Crippen molar-refractivity contribution >= 4 is 17.3 Å². The van der Waals surface area contributed by atoms with Gasteiger partial charge in [-0.1, -0.05) is 30.3 Å². The summed E-state index contributed by atoms with van der Waals surface area (Å²) < 4.78 is 0. The molecule has 4 heteroatoms. The van der Waals surface area contributed by atoms with Gasteiger partial charge in [-0.2, -0.15) is 0 Å². The van der Waals surface area contributed by atoms with Crippen molar-refractivity contribution in [2.75, 3.05) is 0 Å². The highest BCUT2D eigenvalue weighted by atomic mass is 16.6. The number of nitro benzene ring substituents is 1. The van der Waals surface area contributed by atoms with Gasteiger partial charge in [-0.05, 0) is 51.6 Å². The first kappa shape index (κ1) is 13.4. The van der Waals surface area contributed by atoms with E-state index in [2.05, 4.69) is 4.98 Å². The fourth-order valence-electron chi connectivity index (χ4n) is 2.98. The number of non-ortho nitro benzene ring substituents is 1. The average molecular weight is 300 g/mol. The number of fused-ring (bicyclic) bond motifs is 3. The number of nitrogens with zero attached hydrogens (tertiary/aromatic N) is 2. The molecule has 110 valence electrons. The average Bonchev–Trinajstić information content (AvgIpc) is 2.90. The van der Waals surface area contributed by atoms with Crippen LogP contribution in [0.3, 0.4) is 0 Å². The first-order chi connectivity index (χ1) is 11.2. The fraction of sp³-hybridized carbons (Fsp3) is 0. The Bertz CT molecular complexity index is 947. The SMILES string of the molecule is O=[N+]([O-])c1ccc2c(c1)/C(=C/c1cccnc1)c1ccccc1-2. The van der Waals surface area contributed by atoms with Crippen LogP contribution >= 0.6 is 0 Å². The van der Waals surface area contributed by atoms with Gasteiger partial charge < -0.3 is 0 Å². The second-order valence-electron chi connectivity index (χ2n) is 5.38. The minimum absolute atomic E-state index is 0.105. The number of hydrogen-bond acceptors (Lipinski definition) is 3. The summed E-state index contributed by atoms with van der Waals surface area (Å²) in [5, 5.41) is 11.1. The van der Waals surface area contributed by atoms with Gasteiger partial charge in [-0.15, -0.1) is 0 Å². The lowest BCUT2D eigenvalue weighted by atomic mass is 10.0. The zero-order chi connectivity index (χ0) is 15.8. The van der Waals surface area contributed by atoms with Crippen molar-refractivity contribution in [2.45, 2.75) is 0 Å². The van der Waals surface area contributed by atoms with Crippen LogP contribution in [-0.2, 0) is 0 Å². The van der Waals surface area contributed by atoms with Crippen LogP contribution in [-0.4, -0.2) is 9.91 Å². The maximum Gasteiger partial charge on any atom is 0.270 e. The molecule has 0 saturated carbocycles. The highest BCUT2D eigenvalue weighted by molar-refractivity contribution is 6.06. The molecule has 0 radical (unpaired) electrons. The van der Waals surface area contributed by atoms with Crippen LogP contribution in [0.25, 0.3) is 22.8 Å². The maximum absolute atomic E-state index is 11.1. The molecule has 0 bridgehead atoms. The summed E-state index contributed by atoms with van der Waals surface area (Å²) in [4.78, 5) is 14.9. The summed E-state index contributed by atoms with van der Waals surface area (Å²) in [6.07, 6.45) is 5.54. The Morgan fingerprint density at radius 2 is 1.70 bits per heavy atom. The molecule has 0 saturated heterocycles. The summed E-state index contributed by atoms with van der Waals surface area (Å²) in [5.74, 6) is 0. The Labute approximate surface area is 132 Å². The van der Waals surface area contributed by atoms with E-state index in [1.807, 2.05) is 48.5 Å². The van der Waals surface area contributed by atoms with E-state index in [0.29, 0.717) is 0 Å². The Hall–Kier alpha value is -3.27. The van der Waals surface area contributed by atoms with Gasteiger partial charge in [0, 0.05) is 24.5 Å². The van der Waals surface area contributed by atoms with Crippen LogP contribution in [0.4, 0.5) is 5.69 Å². The molecule has 1 aromatic heterocycles. The summed E-state index contributed by atoms with van der Waals surface area (Å²) in [6.45, 7) is 0. The molecule has 0 unspecified atom stereocenters. The second-order valence-corrected chi connectivity index (χ2v) is 5.38. The lowest BCUT2D eigenvalue weighted by Crippen LogP contribution is -1.89. The Kier molecular flexibility index (Phi) is 3.01. The molecule has 2 aromatic carbocycles. The lowest BCUT2D eigenvalue weighted by Gasteiger charge is -2.03. The molecule has 1 aliphatic rings. The van der Waals surface area contributed by atoms with Crippen molar-refractivity contribution in [3.63, 3.8) is 0 Å². The molecule has 4 rings (SSSR count). The second kappa shape index (κ2) is 5.18. The van der Waals surface area contributed by atoms with Crippen LogP contribution < -0.4 is 0 Å². The van der Waals surface area contributed by atoms with E-state index < -0.39 is 0 Å². The van der Waals surface area contributed by atoms with Crippen molar-refractivity contribution in [3.8, 4) is 11.1 Å². The molecule has 4 nitrogen and oxygen atoms in total. The highest BCUT2D eigenvalue weighted by Gasteiger charge is 2.25. The molecule has 0 atom stereocenters. The zero-order valence-corrected chi connectivity index (χ0v) is 12.1. The quantitative estimate of drug-likeness (QED) is 0.403. The van der Waals surface area contributed by atoms with Gasteiger partial charge in [-0.3, -0.25) is 15.1 Å². The predicted octanol–water partition coefficient (Wildman–Crippen LogP) is 4.56. The summed E-state index contributed by atoms with van der Waals surface area (Å²) in [5.41, 5.74) is 6.18. The predicted molar refractivity (Wildman–Crippen MR) is 89.7 cm³/mol. The first-order valence-corrected chi connectivity index (χ1v) is 7.24. The van der Waals surface area contributed by atoms with Gasteiger partial charge in [-0.25, -0.2) is 0 Å². The Balaban J connectivity index is 1.98. The minimum atomic E-state index is -0.356. The van der Waals surface area contributed by atoms with Crippen molar-refractivity contribution in [2.24, 2.45) is 0 Å². The van der Waals surface area contributed by atoms with Gasteiger partial charge in [0.1, 0.15) is 0 Å². The summed E-state index contributed by atoms with van der Waals surface area (Å²) >= 11 is 0. The van der Waals surface area contributed by atoms with E-state index in [1.165, 1.54) is 0 Å². The van der Waals surface area contributed by atoms with Gasteiger partial charge >= 0.3 is 0 Å². The number of benzene rings is 2. The van der Waals surface area contributed by atoms with E-state index in [-0.39, 0.29) is 10.6 Å². The molecule has 0 fully saturated rings. The maximum atomic E-state index is 11.1. The molecule has 23 heavy (non-hydrogen) atoms. The third-order valence-corrected chi connectivity index (χ3v) is 4.01. The Morgan fingerprint density at radius 1 is 0.913 bits per heavy atom. The van der Waals surface area contributed by atoms with Crippen molar-refractivity contribution < 1.29 is 4.92 Å². The fourth-order valence-corrected chi connectivity index (χ4v) is 2.98. The number of rotatable bonds is 2. The molecule has 1 heterocycles. The van der Waals surface area contributed by atoms with Crippen LogP contribution in [0, 0.1) is 10.1 Å². The first-order valence-electron chi connectivity index (χ1n) is 7.24. The van der Waals surface area contributed by atoms with Crippen LogP contribution in [0.2, 0.25) is 0 Å². The number of aromatic nitrogens is 1. The van der Waals surface area contributed by atoms with Crippen LogP contribution in [0.5, 0.6) is 0 Å². The van der Waals surface area contributed by atoms with E-state index in [4.69, 9.17) is 0 Å². The van der Waals surface area contributed by atoms with Gasteiger partial charge in [0.2, 0.25) is 0 Å². The normalized spacial score (nSPS) is 13.7. The number of hydrogen-bond donors (Lipinski definition) is 0. The van der Waals surface area contributed by atoms with Gasteiger partial charge in [0.05, 0.1) is 4.92 Å². The minimum Gasteiger partial charge on any atom is -0.264 e. The molecular formula is C19H12N2O2. The van der Waals surface area contributed by atoms with Crippen LogP contribution in [0.1, 0.15) is 16.7 Å². The van der Waals surface area contributed by atoms with Crippen molar-refractivity contribution in [1.29, 1.82) is 0 Å². The van der Waals surface area contributed by atoms with Crippen LogP contribution in [0.15, 0.2) is 67.0 Å². The molecule has 3 aromatic rings. The topological polar surface area (TPSA) is 56.0 Å². The molecule has 0 amide bonds. The van der Waals surface area contributed by atoms with E-state index in [0.717, 1.165) is 33.4 Å². The largest absolute Gasteiger partial charge is 0.270 e. The summed E-state index contributed by atoms with van der Waals surface area (Å²) in [7, 11) is 0. The van der Waals surface area contributed by atoms with E-state index in [9.17, 15) is 10.1 Å². The molecule has 0 spiro atoms. The van der Waals surface area contributed by atoms with Gasteiger partial charge in [0.15, 0.2) is 0 Å². The molecular weight excluding hydrogens is 288 g/mol. The monoisotopic (exact) mass is 300 g/mol. The zero-order valence-electron chi connectivity index (χ0n) is 12.1. The lowest BCUT2D eigenvalue weighted by molar-refractivity contribution is -0.384. The molecule has 0 aliphatic heterocycles. The van der Waals surface area contributed by atoms with E-state index in [1.54, 1.807) is 24.5 Å². The number of nitro groups is 1.